The molecule has 0 aliphatic carbocycles. The molecule has 1 fully saturated rings. The SMILES string of the molecule is Cc1cn([C@H]2C[C@H](O[Si](C)(C)C(C)(C)C)[C@@H]([C@@H](O)CC#N)O2)c(=O)[nH]c1=O. The van der Waals surface area contributed by atoms with Crippen molar-refractivity contribution >= 4 is 8.32 Å². The van der Waals surface area contributed by atoms with E-state index in [2.05, 4.69) is 38.8 Å². The fraction of sp³-hybridized carbons (Fsp3) is 0.722. The second-order valence-corrected chi connectivity index (χ2v) is 13.4. The number of H-pyrrole nitrogens is 1. The number of hydrogen-bond donors (Lipinski definition) is 2. The first-order valence-corrected chi connectivity index (χ1v) is 12.0. The van der Waals surface area contributed by atoms with Crippen molar-refractivity contribution in [1.29, 1.82) is 5.26 Å². The van der Waals surface area contributed by atoms with Crippen LogP contribution in [0, 0.1) is 18.3 Å². The van der Waals surface area contributed by atoms with Crippen LogP contribution in [-0.2, 0) is 9.16 Å². The van der Waals surface area contributed by atoms with Gasteiger partial charge in [0.05, 0.1) is 24.7 Å². The van der Waals surface area contributed by atoms with Gasteiger partial charge in [0.2, 0.25) is 0 Å². The second kappa shape index (κ2) is 7.71. The first kappa shape index (κ1) is 21.6. The lowest BCUT2D eigenvalue weighted by atomic mass is 10.1. The Balaban J connectivity index is 2.35. The molecule has 1 aromatic rings. The zero-order valence-corrected chi connectivity index (χ0v) is 17.8. The number of aliphatic hydroxyl groups is 1. The van der Waals surface area contributed by atoms with Crippen molar-refractivity contribution in [2.75, 3.05) is 0 Å². The maximum Gasteiger partial charge on any atom is 0.330 e. The minimum atomic E-state index is -2.16. The zero-order chi connectivity index (χ0) is 20.6. The predicted octanol–water partition coefficient (Wildman–Crippen LogP) is 1.80. The van der Waals surface area contributed by atoms with E-state index in [1.54, 1.807) is 6.92 Å². The monoisotopic (exact) mass is 395 g/mol. The number of nitriles is 1. The summed E-state index contributed by atoms with van der Waals surface area (Å²) >= 11 is 0. The average molecular weight is 396 g/mol. The summed E-state index contributed by atoms with van der Waals surface area (Å²) < 4.78 is 13.7. The standard InChI is InChI=1S/C18H29N3O5Si/c1-11-10-21(17(24)20-16(11)23)14-9-13(15(25-14)12(22)7-8-19)26-27(5,6)18(2,3)4/h10,12-15,22H,7,9H2,1-6H3,(H,20,23,24)/t12-,13-,14+,15+/m0/s1. The zero-order valence-electron chi connectivity index (χ0n) is 16.8. The van der Waals surface area contributed by atoms with Gasteiger partial charge < -0.3 is 14.3 Å². The van der Waals surface area contributed by atoms with Crippen LogP contribution in [0.2, 0.25) is 18.1 Å². The quantitative estimate of drug-likeness (QED) is 0.734. The summed E-state index contributed by atoms with van der Waals surface area (Å²) in [6.07, 6.45) is -1.15. The molecule has 0 aromatic carbocycles. The van der Waals surface area contributed by atoms with Crippen molar-refractivity contribution in [3.8, 4) is 6.07 Å². The fourth-order valence-corrected chi connectivity index (χ4v) is 4.20. The van der Waals surface area contributed by atoms with E-state index in [0.717, 1.165) is 0 Å². The van der Waals surface area contributed by atoms with Gasteiger partial charge >= 0.3 is 5.69 Å². The third kappa shape index (κ3) is 4.58. The van der Waals surface area contributed by atoms with Gasteiger partial charge in [0.25, 0.3) is 5.56 Å². The molecule has 0 radical (unpaired) electrons. The third-order valence-electron chi connectivity index (χ3n) is 5.50. The van der Waals surface area contributed by atoms with E-state index in [0.29, 0.717) is 12.0 Å². The van der Waals surface area contributed by atoms with Crippen molar-refractivity contribution in [3.05, 3.63) is 32.6 Å². The molecule has 1 aromatic heterocycles. The van der Waals surface area contributed by atoms with Crippen LogP contribution in [0.15, 0.2) is 15.8 Å². The van der Waals surface area contributed by atoms with E-state index in [4.69, 9.17) is 14.4 Å². The Labute approximate surface area is 159 Å². The second-order valence-electron chi connectivity index (χ2n) is 8.62. The lowest BCUT2D eigenvalue weighted by Gasteiger charge is -2.39. The van der Waals surface area contributed by atoms with Crippen LogP contribution >= 0.6 is 0 Å². The first-order chi connectivity index (χ1) is 12.4. The van der Waals surface area contributed by atoms with Gasteiger partial charge in [0.1, 0.15) is 12.3 Å². The molecule has 4 atom stereocenters. The lowest BCUT2D eigenvalue weighted by Crippen LogP contribution is -2.48. The number of nitrogens with one attached hydrogen (secondary N) is 1. The van der Waals surface area contributed by atoms with Crippen LogP contribution in [0.25, 0.3) is 0 Å². The van der Waals surface area contributed by atoms with E-state index < -0.39 is 44.1 Å². The number of aliphatic hydroxyl groups excluding tert-OH is 1. The number of rotatable bonds is 5. The molecule has 0 amide bonds. The van der Waals surface area contributed by atoms with E-state index >= 15 is 0 Å². The summed E-state index contributed by atoms with van der Waals surface area (Å²) in [5.41, 5.74) is -0.623. The Morgan fingerprint density at radius 1 is 1.48 bits per heavy atom. The summed E-state index contributed by atoms with van der Waals surface area (Å²) in [7, 11) is -2.16. The Bertz CT molecular complexity index is 833. The molecule has 1 aliphatic heterocycles. The normalized spacial score (nSPS) is 24.6. The van der Waals surface area contributed by atoms with Crippen molar-refractivity contribution in [1.82, 2.24) is 9.55 Å². The Kier molecular flexibility index (Phi) is 6.16. The van der Waals surface area contributed by atoms with Gasteiger partial charge in [-0.1, -0.05) is 20.8 Å². The van der Waals surface area contributed by atoms with E-state index in [1.165, 1.54) is 10.8 Å². The Morgan fingerprint density at radius 3 is 2.67 bits per heavy atom. The fourth-order valence-electron chi connectivity index (χ4n) is 2.86. The predicted molar refractivity (Wildman–Crippen MR) is 103 cm³/mol. The van der Waals surface area contributed by atoms with Crippen LogP contribution in [-0.4, -0.2) is 41.3 Å². The highest BCUT2D eigenvalue weighted by atomic mass is 28.4. The molecule has 2 N–H and O–H groups in total. The molecule has 1 saturated heterocycles. The molecule has 2 rings (SSSR count). The molecule has 27 heavy (non-hydrogen) atoms. The Morgan fingerprint density at radius 2 is 2.11 bits per heavy atom. The highest BCUT2D eigenvalue weighted by Crippen LogP contribution is 2.41. The molecular weight excluding hydrogens is 366 g/mol. The van der Waals surface area contributed by atoms with Crippen molar-refractivity contribution in [3.63, 3.8) is 0 Å². The van der Waals surface area contributed by atoms with Crippen molar-refractivity contribution in [2.45, 2.75) is 83.2 Å². The first-order valence-electron chi connectivity index (χ1n) is 9.07. The Hall–Kier alpha value is -1.73. The smallest absolute Gasteiger partial charge is 0.330 e. The summed E-state index contributed by atoms with van der Waals surface area (Å²) in [5.74, 6) is 0. The molecule has 8 nitrogen and oxygen atoms in total. The van der Waals surface area contributed by atoms with Gasteiger partial charge in [-0.25, -0.2) is 4.79 Å². The van der Waals surface area contributed by atoms with Crippen LogP contribution in [0.3, 0.4) is 0 Å². The molecule has 1 aliphatic rings. The molecule has 0 unspecified atom stereocenters. The third-order valence-corrected chi connectivity index (χ3v) is 10.0. The largest absolute Gasteiger partial charge is 0.411 e. The highest BCUT2D eigenvalue weighted by molar-refractivity contribution is 6.74. The summed E-state index contributed by atoms with van der Waals surface area (Å²) in [6.45, 7) is 12.2. The highest BCUT2D eigenvalue weighted by Gasteiger charge is 2.47. The molecule has 150 valence electrons. The van der Waals surface area contributed by atoms with E-state index in [9.17, 15) is 14.7 Å². The van der Waals surface area contributed by atoms with Gasteiger partial charge in [-0.2, -0.15) is 5.26 Å². The number of aromatic amines is 1. The van der Waals surface area contributed by atoms with Crippen LogP contribution in [0.5, 0.6) is 0 Å². The van der Waals surface area contributed by atoms with Gasteiger partial charge in [0, 0.05) is 18.2 Å². The maximum absolute atomic E-state index is 12.2. The number of aryl methyl sites for hydroxylation is 1. The summed E-state index contributed by atoms with van der Waals surface area (Å²) in [5, 5.41) is 19.3. The minimum Gasteiger partial charge on any atom is -0.411 e. The van der Waals surface area contributed by atoms with Crippen LogP contribution in [0.1, 0.15) is 45.4 Å². The lowest BCUT2D eigenvalue weighted by molar-refractivity contribution is -0.0793. The van der Waals surface area contributed by atoms with Crippen LogP contribution < -0.4 is 11.2 Å². The maximum atomic E-state index is 12.2. The van der Waals surface area contributed by atoms with Gasteiger partial charge in [0.15, 0.2) is 8.32 Å². The van der Waals surface area contributed by atoms with Crippen molar-refractivity contribution < 1.29 is 14.3 Å². The number of hydrogen-bond acceptors (Lipinski definition) is 6. The molecule has 0 spiro atoms. The van der Waals surface area contributed by atoms with E-state index in [1.807, 2.05) is 6.07 Å². The van der Waals surface area contributed by atoms with Gasteiger partial charge in [-0.3, -0.25) is 14.3 Å². The number of aromatic nitrogens is 2. The summed E-state index contributed by atoms with van der Waals surface area (Å²) in [4.78, 5) is 26.1. The number of nitrogens with zero attached hydrogens (tertiary/aromatic N) is 2. The van der Waals surface area contributed by atoms with Crippen LogP contribution in [0.4, 0.5) is 0 Å². The van der Waals surface area contributed by atoms with E-state index in [-0.39, 0.29) is 11.5 Å². The average Bonchev–Trinajstić information content (AvgIpc) is 2.93. The molecule has 0 bridgehead atoms. The molecule has 9 heteroatoms. The number of ether oxygens (including phenoxy) is 1. The molecular formula is C18H29N3O5Si. The van der Waals surface area contributed by atoms with Gasteiger partial charge in [-0.05, 0) is 25.1 Å². The summed E-state index contributed by atoms with van der Waals surface area (Å²) in [6, 6.07) is 1.95. The molecule has 2 heterocycles. The van der Waals surface area contributed by atoms with Crippen molar-refractivity contribution in [2.24, 2.45) is 0 Å². The minimum absolute atomic E-state index is 0.0404. The topological polar surface area (TPSA) is 117 Å². The van der Waals surface area contributed by atoms with Gasteiger partial charge in [-0.15, -0.1) is 0 Å². The molecule has 0 saturated carbocycles.